The molecular weight excluding hydrogens is 170 g/mol. The lowest BCUT2D eigenvalue weighted by Crippen LogP contribution is -2.29. The largest absolute Gasteiger partial charge is 0.346 e. The van der Waals surface area contributed by atoms with E-state index in [0.717, 1.165) is 6.42 Å². The van der Waals surface area contributed by atoms with E-state index in [1.807, 2.05) is 0 Å². The summed E-state index contributed by atoms with van der Waals surface area (Å²) in [6, 6.07) is 0.249. The maximum atomic E-state index is 11.3. The van der Waals surface area contributed by atoms with Gasteiger partial charge in [-0.1, -0.05) is 13.8 Å². The molecule has 1 unspecified atom stereocenters. The molecule has 6 heteroatoms. The van der Waals surface area contributed by atoms with Crippen LogP contribution in [0.25, 0.3) is 0 Å². The smallest absolute Gasteiger partial charge is 0.293 e. The average Bonchev–Trinajstić information content (AvgIpc) is 2.58. The lowest BCUT2D eigenvalue weighted by molar-refractivity contribution is 0.0936. The number of hydrogen-bond acceptors (Lipinski definition) is 4. The minimum absolute atomic E-state index is 0.0997. The Morgan fingerprint density at radius 1 is 1.69 bits per heavy atom. The van der Waals surface area contributed by atoms with Gasteiger partial charge in [-0.3, -0.25) is 4.79 Å². The number of aromatic amines is 1. The molecule has 2 N–H and O–H groups in total. The van der Waals surface area contributed by atoms with Crippen molar-refractivity contribution >= 4 is 5.91 Å². The number of carbonyl (C=O) groups is 1. The summed E-state index contributed by atoms with van der Waals surface area (Å²) in [5.74, 6) is -0.160. The highest BCUT2D eigenvalue weighted by Gasteiger charge is 2.46. The van der Waals surface area contributed by atoms with E-state index >= 15 is 0 Å². The number of tetrazole rings is 1. The number of aromatic nitrogens is 4. The Morgan fingerprint density at radius 3 is 2.85 bits per heavy atom. The van der Waals surface area contributed by atoms with Crippen molar-refractivity contribution in [3.63, 3.8) is 0 Å². The Morgan fingerprint density at radius 2 is 2.38 bits per heavy atom. The van der Waals surface area contributed by atoms with Crippen LogP contribution in [0.1, 0.15) is 30.9 Å². The van der Waals surface area contributed by atoms with E-state index in [1.54, 1.807) is 0 Å². The molecule has 0 bridgehead atoms. The predicted molar refractivity (Wildman–Crippen MR) is 43.8 cm³/mol. The van der Waals surface area contributed by atoms with Crippen molar-refractivity contribution in [2.75, 3.05) is 0 Å². The minimum atomic E-state index is -0.260. The number of hydrogen-bond donors (Lipinski definition) is 2. The van der Waals surface area contributed by atoms with E-state index < -0.39 is 0 Å². The molecule has 0 radical (unpaired) electrons. The van der Waals surface area contributed by atoms with Crippen molar-refractivity contribution in [1.82, 2.24) is 25.9 Å². The number of nitrogens with zero attached hydrogens (tertiary/aromatic N) is 3. The number of nitrogens with one attached hydrogen (secondary N) is 2. The maximum Gasteiger partial charge on any atom is 0.293 e. The van der Waals surface area contributed by atoms with E-state index in [1.165, 1.54) is 0 Å². The van der Waals surface area contributed by atoms with Gasteiger partial charge in [0.25, 0.3) is 11.7 Å². The van der Waals surface area contributed by atoms with E-state index in [2.05, 4.69) is 39.8 Å². The molecule has 13 heavy (non-hydrogen) atoms. The first-order valence-corrected chi connectivity index (χ1v) is 4.14. The molecule has 0 aliphatic heterocycles. The topological polar surface area (TPSA) is 83.6 Å². The summed E-state index contributed by atoms with van der Waals surface area (Å²) in [6.45, 7) is 4.21. The van der Waals surface area contributed by atoms with Crippen LogP contribution in [0.15, 0.2) is 0 Å². The van der Waals surface area contributed by atoms with Gasteiger partial charge in [-0.15, -0.1) is 10.2 Å². The molecule has 1 aromatic heterocycles. The molecule has 0 saturated heterocycles. The molecule has 0 spiro atoms. The summed E-state index contributed by atoms with van der Waals surface area (Å²) < 4.78 is 0. The molecule has 1 saturated carbocycles. The van der Waals surface area contributed by atoms with E-state index in [4.69, 9.17) is 0 Å². The lowest BCUT2D eigenvalue weighted by atomic mass is 10.2. The number of rotatable bonds is 2. The summed E-state index contributed by atoms with van der Waals surface area (Å²) in [4.78, 5) is 11.3. The second kappa shape index (κ2) is 2.51. The molecule has 0 aromatic carbocycles. The normalized spacial score (nSPS) is 24.0. The summed E-state index contributed by atoms with van der Waals surface area (Å²) in [7, 11) is 0. The quantitative estimate of drug-likeness (QED) is 0.657. The molecular formula is C7H11N5O. The Balaban J connectivity index is 1.94. The van der Waals surface area contributed by atoms with Gasteiger partial charge in [0.2, 0.25) is 0 Å². The summed E-state index contributed by atoms with van der Waals surface area (Å²) in [6.07, 6.45) is 1.01. The first-order chi connectivity index (χ1) is 6.09. The van der Waals surface area contributed by atoms with Crippen LogP contribution >= 0.6 is 0 Å². The van der Waals surface area contributed by atoms with Gasteiger partial charge in [-0.05, 0) is 17.0 Å². The molecule has 1 atom stereocenters. The zero-order chi connectivity index (χ0) is 9.47. The molecule has 6 nitrogen and oxygen atoms in total. The molecule has 1 aliphatic carbocycles. The number of amides is 1. The van der Waals surface area contributed by atoms with Crippen molar-refractivity contribution in [3.8, 4) is 0 Å². The van der Waals surface area contributed by atoms with Crippen LogP contribution in [0.5, 0.6) is 0 Å². The van der Waals surface area contributed by atoms with Gasteiger partial charge in [0, 0.05) is 6.04 Å². The van der Waals surface area contributed by atoms with Crippen molar-refractivity contribution in [3.05, 3.63) is 5.82 Å². The summed E-state index contributed by atoms with van der Waals surface area (Å²) >= 11 is 0. The third-order valence-corrected chi connectivity index (χ3v) is 2.37. The van der Waals surface area contributed by atoms with Gasteiger partial charge < -0.3 is 5.32 Å². The van der Waals surface area contributed by atoms with Gasteiger partial charge >= 0.3 is 0 Å². The highest BCUT2D eigenvalue weighted by Crippen LogP contribution is 2.44. The fourth-order valence-corrected chi connectivity index (χ4v) is 1.19. The number of carbonyl (C=O) groups excluding carboxylic acids is 1. The second-order valence-corrected chi connectivity index (χ2v) is 3.95. The Kier molecular flexibility index (Phi) is 1.58. The molecule has 1 fully saturated rings. The van der Waals surface area contributed by atoms with Crippen LogP contribution in [-0.2, 0) is 0 Å². The third kappa shape index (κ3) is 1.51. The van der Waals surface area contributed by atoms with Crippen LogP contribution in [0.3, 0.4) is 0 Å². The third-order valence-electron chi connectivity index (χ3n) is 2.37. The molecule has 1 aliphatic rings. The van der Waals surface area contributed by atoms with Gasteiger partial charge in [0.05, 0.1) is 0 Å². The molecule has 1 heterocycles. The van der Waals surface area contributed by atoms with Crippen molar-refractivity contribution in [2.45, 2.75) is 26.3 Å². The Bertz CT molecular complexity index is 318. The highest BCUT2D eigenvalue weighted by atomic mass is 16.2. The summed E-state index contributed by atoms with van der Waals surface area (Å²) in [5, 5.41) is 15.5. The van der Waals surface area contributed by atoms with Crippen molar-refractivity contribution < 1.29 is 4.79 Å². The zero-order valence-electron chi connectivity index (χ0n) is 7.53. The van der Waals surface area contributed by atoms with Gasteiger partial charge in [-0.25, -0.2) is 0 Å². The second-order valence-electron chi connectivity index (χ2n) is 3.95. The van der Waals surface area contributed by atoms with Gasteiger partial charge in [-0.2, -0.15) is 5.21 Å². The molecule has 2 rings (SSSR count). The SMILES string of the molecule is CC1(C)CC1NC(=O)c1nn[nH]n1. The van der Waals surface area contributed by atoms with Crippen LogP contribution in [0.2, 0.25) is 0 Å². The first-order valence-electron chi connectivity index (χ1n) is 4.14. The Labute approximate surface area is 75.1 Å². The zero-order valence-corrected chi connectivity index (χ0v) is 7.53. The van der Waals surface area contributed by atoms with Gasteiger partial charge in [0.15, 0.2) is 0 Å². The van der Waals surface area contributed by atoms with Crippen molar-refractivity contribution in [1.29, 1.82) is 0 Å². The van der Waals surface area contributed by atoms with Gasteiger partial charge in [0.1, 0.15) is 0 Å². The minimum Gasteiger partial charge on any atom is -0.346 e. The fourth-order valence-electron chi connectivity index (χ4n) is 1.19. The summed E-state index contributed by atoms with van der Waals surface area (Å²) in [5.41, 5.74) is 0.222. The molecule has 1 amide bonds. The van der Waals surface area contributed by atoms with Crippen LogP contribution in [0.4, 0.5) is 0 Å². The van der Waals surface area contributed by atoms with Crippen LogP contribution in [0, 0.1) is 5.41 Å². The van der Waals surface area contributed by atoms with Crippen molar-refractivity contribution in [2.24, 2.45) is 5.41 Å². The van der Waals surface area contributed by atoms with Crippen LogP contribution in [-0.4, -0.2) is 32.6 Å². The monoisotopic (exact) mass is 181 g/mol. The average molecular weight is 181 g/mol. The maximum absolute atomic E-state index is 11.3. The lowest BCUT2D eigenvalue weighted by Gasteiger charge is -2.02. The highest BCUT2D eigenvalue weighted by molar-refractivity contribution is 5.90. The first kappa shape index (κ1) is 8.15. The predicted octanol–water partition coefficient (Wildman–Crippen LogP) is -0.272. The molecule has 70 valence electrons. The van der Waals surface area contributed by atoms with E-state index in [9.17, 15) is 4.79 Å². The number of H-pyrrole nitrogens is 1. The van der Waals surface area contributed by atoms with E-state index in [-0.39, 0.29) is 23.2 Å². The van der Waals surface area contributed by atoms with E-state index in [0.29, 0.717) is 0 Å². The molecule has 1 aromatic rings. The fraction of sp³-hybridized carbons (Fsp3) is 0.714. The standard InChI is InChI=1S/C7H11N5O/c1-7(2)3-4(7)8-6(13)5-9-11-12-10-5/h4H,3H2,1-2H3,(H,8,13)(H,9,10,11,12). The van der Waals surface area contributed by atoms with Crippen LogP contribution < -0.4 is 5.32 Å². The Hall–Kier alpha value is -1.46.